The van der Waals surface area contributed by atoms with Crippen LogP contribution in [-0.4, -0.2) is 17.5 Å². The predicted octanol–water partition coefficient (Wildman–Crippen LogP) is 3.55. The summed E-state index contributed by atoms with van der Waals surface area (Å²) in [5, 5.41) is 0. The van der Waals surface area contributed by atoms with Crippen LogP contribution < -0.4 is 0 Å². The van der Waals surface area contributed by atoms with Gasteiger partial charge in [0.2, 0.25) is 0 Å². The lowest BCUT2D eigenvalue weighted by atomic mass is 10.3. The van der Waals surface area contributed by atoms with Gasteiger partial charge in [-0.15, -0.1) is 11.8 Å². The Kier molecular flexibility index (Phi) is 3.72. The van der Waals surface area contributed by atoms with Crippen molar-refractivity contribution in [1.82, 2.24) is 4.98 Å². The van der Waals surface area contributed by atoms with Crippen LogP contribution in [0.3, 0.4) is 0 Å². The molecule has 80 valence electrons. The SMILES string of the molecule is CSc1ccccc1N=Cc1ccccn1. The van der Waals surface area contributed by atoms with E-state index in [1.54, 1.807) is 24.2 Å². The quantitative estimate of drug-likeness (QED) is 0.593. The molecular formula is C13H12N2S. The second kappa shape index (κ2) is 5.47. The van der Waals surface area contributed by atoms with Gasteiger partial charge >= 0.3 is 0 Å². The maximum absolute atomic E-state index is 4.44. The van der Waals surface area contributed by atoms with Gasteiger partial charge in [-0.2, -0.15) is 0 Å². The van der Waals surface area contributed by atoms with Crippen LogP contribution in [0.25, 0.3) is 0 Å². The van der Waals surface area contributed by atoms with Crippen LogP contribution in [0.1, 0.15) is 5.69 Å². The van der Waals surface area contributed by atoms with Gasteiger partial charge in [0.1, 0.15) is 0 Å². The molecule has 0 saturated carbocycles. The minimum Gasteiger partial charge on any atom is -0.255 e. The van der Waals surface area contributed by atoms with Crippen molar-refractivity contribution < 1.29 is 0 Å². The smallest absolute Gasteiger partial charge is 0.0812 e. The summed E-state index contributed by atoms with van der Waals surface area (Å²) in [6, 6.07) is 13.9. The van der Waals surface area contributed by atoms with Crippen LogP contribution in [0.2, 0.25) is 0 Å². The van der Waals surface area contributed by atoms with Gasteiger partial charge in [-0.25, -0.2) is 0 Å². The van der Waals surface area contributed by atoms with E-state index in [4.69, 9.17) is 0 Å². The third-order valence-electron chi connectivity index (χ3n) is 2.11. The lowest BCUT2D eigenvalue weighted by molar-refractivity contribution is 1.29. The van der Waals surface area contributed by atoms with E-state index < -0.39 is 0 Å². The molecule has 0 bridgehead atoms. The summed E-state index contributed by atoms with van der Waals surface area (Å²) >= 11 is 1.70. The molecule has 0 amide bonds. The van der Waals surface area contributed by atoms with E-state index in [-0.39, 0.29) is 0 Å². The number of para-hydroxylation sites is 1. The first-order valence-electron chi connectivity index (χ1n) is 4.98. The van der Waals surface area contributed by atoms with Crippen molar-refractivity contribution in [1.29, 1.82) is 0 Å². The summed E-state index contributed by atoms with van der Waals surface area (Å²) in [6.07, 6.45) is 5.60. The van der Waals surface area contributed by atoms with Gasteiger partial charge in [-0.05, 0) is 30.5 Å². The Labute approximate surface area is 99.5 Å². The molecule has 1 aromatic heterocycles. The summed E-state index contributed by atoms with van der Waals surface area (Å²) in [5.74, 6) is 0. The maximum atomic E-state index is 4.44. The van der Waals surface area contributed by atoms with Gasteiger partial charge < -0.3 is 0 Å². The lowest BCUT2D eigenvalue weighted by Gasteiger charge is -2.00. The molecular weight excluding hydrogens is 216 g/mol. The minimum atomic E-state index is 0.874. The van der Waals surface area contributed by atoms with E-state index in [2.05, 4.69) is 22.3 Å². The Balaban J connectivity index is 2.24. The molecule has 0 aliphatic rings. The van der Waals surface area contributed by atoms with Crippen LogP contribution in [0.4, 0.5) is 5.69 Å². The molecule has 0 atom stereocenters. The highest BCUT2D eigenvalue weighted by molar-refractivity contribution is 7.98. The first-order valence-corrected chi connectivity index (χ1v) is 6.21. The van der Waals surface area contributed by atoms with E-state index in [0.717, 1.165) is 11.4 Å². The lowest BCUT2D eigenvalue weighted by Crippen LogP contribution is -1.84. The average Bonchev–Trinajstić information content (AvgIpc) is 2.38. The second-order valence-electron chi connectivity index (χ2n) is 3.18. The molecule has 2 rings (SSSR count). The maximum Gasteiger partial charge on any atom is 0.0812 e. The van der Waals surface area contributed by atoms with E-state index >= 15 is 0 Å². The highest BCUT2D eigenvalue weighted by Gasteiger charge is 1.96. The van der Waals surface area contributed by atoms with Crippen LogP contribution in [-0.2, 0) is 0 Å². The highest BCUT2D eigenvalue weighted by atomic mass is 32.2. The molecule has 2 aromatic rings. The molecule has 2 nitrogen and oxygen atoms in total. The summed E-state index contributed by atoms with van der Waals surface area (Å²) in [7, 11) is 0. The third-order valence-corrected chi connectivity index (χ3v) is 2.89. The van der Waals surface area contributed by atoms with Crippen molar-refractivity contribution in [3.05, 3.63) is 54.4 Å². The number of benzene rings is 1. The number of hydrogen-bond donors (Lipinski definition) is 0. The zero-order valence-electron chi connectivity index (χ0n) is 9.00. The molecule has 0 N–H and O–H groups in total. The van der Waals surface area contributed by atoms with Crippen molar-refractivity contribution in [2.24, 2.45) is 4.99 Å². The monoisotopic (exact) mass is 228 g/mol. The van der Waals surface area contributed by atoms with Crippen LogP contribution in [0.15, 0.2) is 58.5 Å². The fourth-order valence-corrected chi connectivity index (χ4v) is 1.87. The third kappa shape index (κ3) is 2.70. The molecule has 3 heteroatoms. The molecule has 16 heavy (non-hydrogen) atoms. The fourth-order valence-electron chi connectivity index (χ4n) is 1.32. The number of aromatic nitrogens is 1. The van der Waals surface area contributed by atoms with E-state index in [1.165, 1.54) is 4.90 Å². The summed E-state index contributed by atoms with van der Waals surface area (Å²) < 4.78 is 0. The Morgan fingerprint density at radius 3 is 2.69 bits per heavy atom. The number of rotatable bonds is 3. The van der Waals surface area contributed by atoms with E-state index in [9.17, 15) is 0 Å². The van der Waals surface area contributed by atoms with Crippen LogP contribution in [0.5, 0.6) is 0 Å². The standard InChI is InChI=1S/C13H12N2S/c1-16-13-8-3-2-7-12(13)15-10-11-6-4-5-9-14-11/h2-10H,1H3. The molecule has 0 saturated heterocycles. The number of aliphatic imine (C=N–C) groups is 1. The molecule has 1 aromatic carbocycles. The van der Waals surface area contributed by atoms with Gasteiger partial charge in [0, 0.05) is 11.1 Å². The summed E-state index contributed by atoms with van der Waals surface area (Å²) in [6.45, 7) is 0. The molecule has 0 spiro atoms. The first kappa shape index (κ1) is 10.9. The normalized spacial score (nSPS) is 10.8. The van der Waals surface area contributed by atoms with Crippen molar-refractivity contribution in [3.63, 3.8) is 0 Å². The average molecular weight is 228 g/mol. The van der Waals surface area contributed by atoms with Crippen molar-refractivity contribution in [2.75, 3.05) is 6.26 Å². The zero-order valence-corrected chi connectivity index (χ0v) is 9.82. The molecule has 0 radical (unpaired) electrons. The summed E-state index contributed by atoms with van der Waals surface area (Å²) in [5.41, 5.74) is 1.86. The van der Waals surface area contributed by atoms with Crippen molar-refractivity contribution in [3.8, 4) is 0 Å². The minimum absolute atomic E-state index is 0.874. The number of pyridine rings is 1. The summed E-state index contributed by atoms with van der Waals surface area (Å²) in [4.78, 5) is 9.81. The van der Waals surface area contributed by atoms with Crippen molar-refractivity contribution in [2.45, 2.75) is 4.90 Å². The van der Waals surface area contributed by atoms with Gasteiger partial charge in [-0.1, -0.05) is 18.2 Å². The Bertz CT molecular complexity index is 480. The molecule has 0 unspecified atom stereocenters. The van der Waals surface area contributed by atoms with Gasteiger partial charge in [0.25, 0.3) is 0 Å². The molecule has 0 aliphatic carbocycles. The van der Waals surface area contributed by atoms with Crippen LogP contribution in [0, 0.1) is 0 Å². The Hall–Kier alpha value is -1.61. The van der Waals surface area contributed by atoms with Gasteiger partial charge in [0.15, 0.2) is 0 Å². The predicted molar refractivity (Wildman–Crippen MR) is 69.7 cm³/mol. The fraction of sp³-hybridized carbons (Fsp3) is 0.0769. The van der Waals surface area contributed by atoms with Crippen molar-refractivity contribution >= 4 is 23.7 Å². The van der Waals surface area contributed by atoms with E-state index in [1.807, 2.05) is 36.4 Å². The number of nitrogens with zero attached hydrogens (tertiary/aromatic N) is 2. The molecule has 0 fully saturated rings. The van der Waals surface area contributed by atoms with Crippen LogP contribution >= 0.6 is 11.8 Å². The van der Waals surface area contributed by atoms with Gasteiger partial charge in [-0.3, -0.25) is 9.98 Å². The first-order chi connectivity index (χ1) is 7.90. The Morgan fingerprint density at radius 2 is 1.94 bits per heavy atom. The molecule has 1 heterocycles. The topological polar surface area (TPSA) is 25.2 Å². The zero-order chi connectivity index (χ0) is 11.2. The Morgan fingerprint density at radius 1 is 1.12 bits per heavy atom. The van der Waals surface area contributed by atoms with E-state index in [0.29, 0.717) is 0 Å². The highest BCUT2D eigenvalue weighted by Crippen LogP contribution is 2.26. The second-order valence-corrected chi connectivity index (χ2v) is 4.03. The largest absolute Gasteiger partial charge is 0.255 e. The molecule has 0 aliphatic heterocycles. The number of hydrogen-bond acceptors (Lipinski definition) is 3. The van der Waals surface area contributed by atoms with Gasteiger partial charge in [0.05, 0.1) is 17.6 Å². The number of thioether (sulfide) groups is 1.